The number of nitrogens with one attached hydrogen (secondary N) is 3. The average Bonchev–Trinajstić information content (AvgIpc) is 3.41. The van der Waals surface area contributed by atoms with E-state index in [4.69, 9.17) is 16.3 Å². The SMILES string of the molecule is O=C(COC(=O)c1ccn[nH]1)Nc1sc2c(c1C(=O)Nc1ccc(Cl)cc1)CCCC2. The first kappa shape index (κ1) is 21.1. The molecule has 3 aromatic rings. The second kappa shape index (κ2) is 9.32. The van der Waals surface area contributed by atoms with E-state index in [9.17, 15) is 14.4 Å². The van der Waals surface area contributed by atoms with Crippen molar-refractivity contribution in [3.05, 3.63) is 63.2 Å². The second-order valence-corrected chi connectivity index (χ2v) is 8.51. The number of aryl methyl sites for hydroxylation is 1. The summed E-state index contributed by atoms with van der Waals surface area (Å²) in [6, 6.07) is 8.26. The Morgan fingerprint density at radius 1 is 1.10 bits per heavy atom. The van der Waals surface area contributed by atoms with E-state index in [2.05, 4.69) is 20.8 Å². The summed E-state index contributed by atoms with van der Waals surface area (Å²) < 4.78 is 5.00. The number of esters is 1. The lowest BCUT2D eigenvalue weighted by atomic mass is 9.95. The normalized spacial score (nSPS) is 12.7. The molecule has 1 aliphatic rings. The van der Waals surface area contributed by atoms with Gasteiger partial charge in [0.05, 0.1) is 5.56 Å². The maximum atomic E-state index is 13.1. The van der Waals surface area contributed by atoms with Gasteiger partial charge >= 0.3 is 5.97 Å². The number of nitrogens with zero attached hydrogens (tertiary/aromatic N) is 1. The van der Waals surface area contributed by atoms with E-state index in [1.54, 1.807) is 24.3 Å². The van der Waals surface area contributed by atoms with Gasteiger partial charge in [0.25, 0.3) is 11.8 Å². The Morgan fingerprint density at radius 3 is 2.61 bits per heavy atom. The molecule has 1 aromatic carbocycles. The fourth-order valence-electron chi connectivity index (χ4n) is 3.36. The lowest BCUT2D eigenvalue weighted by Gasteiger charge is -2.13. The van der Waals surface area contributed by atoms with Gasteiger partial charge in [0, 0.05) is 21.8 Å². The molecule has 0 fully saturated rings. The summed E-state index contributed by atoms with van der Waals surface area (Å²) in [5, 5.41) is 12.8. The summed E-state index contributed by atoms with van der Waals surface area (Å²) in [6.07, 6.45) is 5.09. The number of aromatic nitrogens is 2. The number of hydrogen-bond acceptors (Lipinski definition) is 6. The lowest BCUT2D eigenvalue weighted by molar-refractivity contribution is -0.119. The van der Waals surface area contributed by atoms with E-state index in [1.807, 2.05) is 0 Å². The molecule has 0 unspecified atom stereocenters. The molecule has 10 heteroatoms. The number of halogens is 1. The van der Waals surface area contributed by atoms with E-state index in [0.29, 0.717) is 21.3 Å². The average molecular weight is 459 g/mol. The minimum absolute atomic E-state index is 0.155. The number of carbonyl (C=O) groups is 3. The quantitative estimate of drug-likeness (QED) is 0.482. The molecule has 0 aliphatic heterocycles. The van der Waals surface area contributed by atoms with Gasteiger partial charge in [-0.2, -0.15) is 5.10 Å². The van der Waals surface area contributed by atoms with Crippen molar-refractivity contribution in [1.29, 1.82) is 0 Å². The van der Waals surface area contributed by atoms with Crippen molar-refractivity contribution in [2.45, 2.75) is 25.7 Å². The van der Waals surface area contributed by atoms with Crippen molar-refractivity contribution < 1.29 is 19.1 Å². The topological polar surface area (TPSA) is 113 Å². The minimum Gasteiger partial charge on any atom is -0.451 e. The second-order valence-electron chi connectivity index (χ2n) is 6.97. The first-order chi connectivity index (χ1) is 15.0. The highest BCUT2D eigenvalue weighted by molar-refractivity contribution is 7.17. The first-order valence-electron chi connectivity index (χ1n) is 9.69. The first-order valence-corrected chi connectivity index (χ1v) is 10.9. The Kier molecular flexibility index (Phi) is 6.34. The number of hydrogen-bond donors (Lipinski definition) is 3. The number of H-pyrrole nitrogens is 1. The number of aromatic amines is 1. The number of rotatable bonds is 6. The molecule has 2 amide bonds. The van der Waals surface area contributed by atoms with Crippen LogP contribution in [-0.4, -0.2) is 34.6 Å². The number of thiophene rings is 1. The molecule has 31 heavy (non-hydrogen) atoms. The highest BCUT2D eigenvalue weighted by Gasteiger charge is 2.26. The summed E-state index contributed by atoms with van der Waals surface area (Å²) in [5.74, 6) is -1.50. The molecule has 1 aliphatic carbocycles. The zero-order valence-electron chi connectivity index (χ0n) is 16.4. The number of anilines is 2. The Balaban J connectivity index is 1.49. The Hall–Kier alpha value is -3.17. The molecule has 160 valence electrons. The number of carbonyl (C=O) groups excluding carboxylic acids is 3. The third kappa shape index (κ3) is 4.95. The number of fused-ring (bicyclic) bond motifs is 1. The Bertz CT molecular complexity index is 1110. The molecule has 2 heterocycles. The van der Waals surface area contributed by atoms with Crippen molar-refractivity contribution in [3.8, 4) is 0 Å². The van der Waals surface area contributed by atoms with Crippen LogP contribution in [-0.2, 0) is 22.4 Å². The largest absolute Gasteiger partial charge is 0.451 e. The van der Waals surface area contributed by atoms with Crippen molar-refractivity contribution in [3.63, 3.8) is 0 Å². The fourth-order valence-corrected chi connectivity index (χ4v) is 4.79. The monoisotopic (exact) mass is 458 g/mol. The van der Waals surface area contributed by atoms with Gasteiger partial charge in [0.2, 0.25) is 0 Å². The number of amides is 2. The molecule has 2 aromatic heterocycles. The third-order valence-electron chi connectivity index (χ3n) is 4.81. The summed E-state index contributed by atoms with van der Waals surface area (Å²) >= 11 is 7.30. The van der Waals surface area contributed by atoms with Crippen LogP contribution in [0.25, 0.3) is 0 Å². The summed E-state index contributed by atoms with van der Waals surface area (Å²) in [4.78, 5) is 38.5. The van der Waals surface area contributed by atoms with Gasteiger partial charge < -0.3 is 15.4 Å². The predicted molar refractivity (Wildman–Crippen MR) is 118 cm³/mol. The van der Waals surface area contributed by atoms with Crippen LogP contribution in [0.4, 0.5) is 10.7 Å². The van der Waals surface area contributed by atoms with Gasteiger partial charge in [-0.05, 0) is 61.6 Å². The minimum atomic E-state index is -0.682. The smallest absolute Gasteiger partial charge is 0.356 e. The summed E-state index contributed by atoms with van der Waals surface area (Å²) in [7, 11) is 0. The van der Waals surface area contributed by atoms with Crippen LogP contribution >= 0.6 is 22.9 Å². The molecular weight excluding hydrogens is 440 g/mol. The van der Waals surface area contributed by atoms with Crippen molar-refractivity contribution in [1.82, 2.24) is 10.2 Å². The van der Waals surface area contributed by atoms with Crippen LogP contribution in [0.5, 0.6) is 0 Å². The van der Waals surface area contributed by atoms with E-state index in [-0.39, 0.29) is 11.6 Å². The maximum absolute atomic E-state index is 13.1. The van der Waals surface area contributed by atoms with Crippen LogP contribution < -0.4 is 10.6 Å². The Labute approximate surface area is 186 Å². The molecular formula is C21H19ClN4O4S. The molecule has 0 saturated heterocycles. The molecule has 0 spiro atoms. The molecule has 0 radical (unpaired) electrons. The van der Waals surface area contributed by atoms with Crippen molar-refractivity contribution in [2.24, 2.45) is 0 Å². The summed E-state index contributed by atoms with van der Waals surface area (Å²) in [6.45, 7) is -0.474. The van der Waals surface area contributed by atoms with Gasteiger partial charge in [0.1, 0.15) is 10.7 Å². The van der Waals surface area contributed by atoms with E-state index < -0.39 is 18.5 Å². The highest BCUT2D eigenvalue weighted by Crippen LogP contribution is 2.38. The fraction of sp³-hybridized carbons (Fsp3) is 0.238. The van der Waals surface area contributed by atoms with Crippen LogP contribution in [0.1, 0.15) is 44.1 Å². The molecule has 8 nitrogen and oxygen atoms in total. The number of benzene rings is 1. The van der Waals surface area contributed by atoms with E-state index >= 15 is 0 Å². The van der Waals surface area contributed by atoms with Crippen molar-refractivity contribution in [2.75, 3.05) is 17.2 Å². The van der Waals surface area contributed by atoms with Crippen LogP contribution in [0, 0.1) is 0 Å². The highest BCUT2D eigenvalue weighted by atomic mass is 35.5. The molecule has 4 rings (SSSR count). The molecule has 3 N–H and O–H groups in total. The van der Waals surface area contributed by atoms with Gasteiger partial charge in [-0.1, -0.05) is 11.6 Å². The lowest BCUT2D eigenvalue weighted by Crippen LogP contribution is -2.23. The van der Waals surface area contributed by atoms with Gasteiger partial charge in [-0.3, -0.25) is 14.7 Å². The van der Waals surface area contributed by atoms with Gasteiger partial charge in [-0.15, -0.1) is 11.3 Å². The third-order valence-corrected chi connectivity index (χ3v) is 6.27. The molecule has 0 atom stereocenters. The number of ether oxygens (including phenoxy) is 1. The summed E-state index contributed by atoms with van der Waals surface area (Å²) in [5.41, 5.74) is 2.19. The predicted octanol–water partition coefficient (Wildman–Crippen LogP) is 4.05. The zero-order chi connectivity index (χ0) is 21.8. The van der Waals surface area contributed by atoms with Gasteiger partial charge in [-0.25, -0.2) is 4.79 Å². The van der Waals surface area contributed by atoms with E-state index in [1.165, 1.54) is 23.6 Å². The molecule has 0 bridgehead atoms. The van der Waals surface area contributed by atoms with Crippen LogP contribution in [0.15, 0.2) is 36.5 Å². The van der Waals surface area contributed by atoms with Crippen molar-refractivity contribution >= 4 is 51.4 Å². The Morgan fingerprint density at radius 2 is 1.87 bits per heavy atom. The maximum Gasteiger partial charge on any atom is 0.356 e. The van der Waals surface area contributed by atoms with Gasteiger partial charge in [0.15, 0.2) is 6.61 Å². The molecule has 0 saturated carbocycles. The zero-order valence-corrected chi connectivity index (χ0v) is 17.9. The standard InChI is InChI=1S/C21H19ClN4O4S/c22-12-5-7-13(8-6-12)24-19(28)18-14-3-1-2-4-16(14)31-20(18)25-17(27)11-30-21(29)15-9-10-23-26-15/h5-10H,1-4,11H2,(H,23,26)(H,24,28)(H,25,27). The van der Waals surface area contributed by atoms with E-state index in [0.717, 1.165) is 36.1 Å². The van der Waals surface area contributed by atoms with Crippen LogP contribution in [0.2, 0.25) is 5.02 Å². The van der Waals surface area contributed by atoms with Crippen LogP contribution in [0.3, 0.4) is 0 Å².